The van der Waals surface area contributed by atoms with Gasteiger partial charge in [0.2, 0.25) is 0 Å². The Kier molecular flexibility index (Phi) is 6.66. The zero-order valence-electron chi connectivity index (χ0n) is 37.0. The van der Waals surface area contributed by atoms with Gasteiger partial charge < -0.3 is 8.80 Å². The lowest BCUT2D eigenvalue weighted by Gasteiger charge is -2.22. The molecule has 0 unspecified atom stereocenters. The van der Waals surface area contributed by atoms with Crippen molar-refractivity contribution in [1.29, 1.82) is 0 Å². The van der Waals surface area contributed by atoms with Gasteiger partial charge in [0, 0.05) is 48.5 Å². The Morgan fingerprint density at radius 2 is 0.657 bits per heavy atom. The van der Waals surface area contributed by atoms with Crippen LogP contribution in [0.25, 0.3) is 142 Å². The topological polar surface area (TPSA) is 8.82 Å². The Labute approximate surface area is 385 Å². The zero-order chi connectivity index (χ0) is 43.9. The van der Waals surface area contributed by atoms with E-state index in [4.69, 9.17) is 0 Å². The molecule has 4 heterocycles. The number of aromatic nitrogens is 2. The van der Waals surface area contributed by atoms with E-state index in [1.54, 1.807) is 0 Å². The van der Waals surface area contributed by atoms with Crippen LogP contribution in [0.4, 0.5) is 0 Å². The van der Waals surface area contributed by atoms with E-state index < -0.39 is 0 Å². The Hall–Kier alpha value is -8.46. The first-order valence-electron chi connectivity index (χ1n) is 23.6. The minimum atomic E-state index is -0.128. The number of rotatable bonds is 3. The summed E-state index contributed by atoms with van der Waals surface area (Å²) in [5, 5.41) is 15.4. The summed E-state index contributed by atoms with van der Waals surface area (Å²) in [5.74, 6) is 0. The molecule has 2 heteroatoms. The third-order valence-electron chi connectivity index (χ3n) is 16.0. The average Bonchev–Trinajstić information content (AvgIpc) is 4.16. The van der Waals surface area contributed by atoms with E-state index in [0.717, 1.165) is 0 Å². The molecule has 310 valence electrons. The molecule has 2 nitrogen and oxygen atoms in total. The van der Waals surface area contributed by atoms with Gasteiger partial charge in [-0.2, -0.15) is 0 Å². The van der Waals surface area contributed by atoms with Crippen LogP contribution in [0.3, 0.4) is 0 Å². The van der Waals surface area contributed by atoms with Crippen LogP contribution in [-0.4, -0.2) is 8.80 Å². The van der Waals surface area contributed by atoms with E-state index in [0.29, 0.717) is 0 Å². The molecule has 0 spiro atoms. The minimum Gasteiger partial charge on any atom is -0.308 e. The van der Waals surface area contributed by atoms with Crippen molar-refractivity contribution >= 4 is 97.7 Å². The molecule has 0 radical (unpaired) electrons. The van der Waals surface area contributed by atoms with Crippen LogP contribution in [-0.2, 0) is 5.41 Å². The van der Waals surface area contributed by atoms with Gasteiger partial charge in [0.05, 0.1) is 33.1 Å². The predicted molar refractivity (Wildman–Crippen MR) is 285 cm³/mol. The highest BCUT2D eigenvalue weighted by Gasteiger charge is 2.37. The number of hydrogen-bond acceptors (Lipinski definition) is 0. The van der Waals surface area contributed by atoms with E-state index in [9.17, 15) is 0 Å². The summed E-state index contributed by atoms with van der Waals surface area (Å²) in [6.07, 6.45) is 0. The molecule has 4 aromatic heterocycles. The standard InChI is InChI=1S/C65H40N2/c1-65(2)53-30-6-3-18-47(53)60-48(27-13-31-54(60)65)59-43-21-9-19-37(41-23-14-34-57-61(41)49-28-11-25-45-39-16-4-7-32-55(39)66(57)63(45)49)51(43)36-52-38(20-10-22-44(52)59)42-24-15-35-58-62(42)50-29-12-26-46-40-17-5-8-33-56(40)67(58)64(46)50/h3-36H,1-2H3. The molecule has 0 fully saturated rings. The SMILES string of the molecule is CC1(C)c2ccccc2-c2c(-c3c4cccc(-c5cccc6c5c5cccc7c8ccccc8n6c75)c4cc4c(-c5cccc6c5c5cccc7c8ccccc8n6c75)cccc34)cccc21. The zero-order valence-corrected chi connectivity index (χ0v) is 37.0. The third kappa shape index (κ3) is 4.33. The summed E-state index contributed by atoms with van der Waals surface area (Å²) in [4.78, 5) is 0. The van der Waals surface area contributed by atoms with Crippen molar-refractivity contribution in [3.63, 3.8) is 0 Å². The van der Waals surface area contributed by atoms with Crippen molar-refractivity contribution < 1.29 is 0 Å². The quantitative estimate of drug-likeness (QED) is 0.157. The van der Waals surface area contributed by atoms with Gasteiger partial charge in [-0.15, -0.1) is 0 Å². The van der Waals surface area contributed by atoms with Crippen molar-refractivity contribution in [2.75, 3.05) is 0 Å². The van der Waals surface area contributed by atoms with Crippen LogP contribution >= 0.6 is 0 Å². The van der Waals surface area contributed by atoms with Crippen LogP contribution < -0.4 is 0 Å². The van der Waals surface area contributed by atoms with Crippen LogP contribution in [0, 0.1) is 0 Å². The molecule has 16 rings (SSSR count). The number of benzene rings is 11. The van der Waals surface area contributed by atoms with Crippen LogP contribution in [0.15, 0.2) is 206 Å². The van der Waals surface area contributed by atoms with Crippen molar-refractivity contribution in [2.45, 2.75) is 19.3 Å². The highest BCUT2D eigenvalue weighted by Crippen LogP contribution is 2.55. The van der Waals surface area contributed by atoms with Crippen LogP contribution in [0.5, 0.6) is 0 Å². The molecule has 0 amide bonds. The lowest BCUT2D eigenvalue weighted by molar-refractivity contribution is 0.660. The van der Waals surface area contributed by atoms with Gasteiger partial charge in [-0.25, -0.2) is 0 Å². The second kappa shape index (κ2) is 12.5. The van der Waals surface area contributed by atoms with Crippen LogP contribution in [0.1, 0.15) is 25.0 Å². The van der Waals surface area contributed by atoms with E-state index in [2.05, 4.69) is 229 Å². The van der Waals surface area contributed by atoms with E-state index in [1.165, 1.54) is 153 Å². The maximum Gasteiger partial charge on any atom is 0.0620 e. The molecule has 0 bridgehead atoms. The monoisotopic (exact) mass is 848 g/mol. The Morgan fingerprint density at radius 3 is 1.25 bits per heavy atom. The second-order valence-electron chi connectivity index (χ2n) is 19.5. The number of fused-ring (bicyclic) bond motifs is 17. The van der Waals surface area contributed by atoms with Gasteiger partial charge in [0.1, 0.15) is 0 Å². The molecular weight excluding hydrogens is 809 g/mol. The van der Waals surface area contributed by atoms with Gasteiger partial charge >= 0.3 is 0 Å². The molecule has 1 aliphatic rings. The molecule has 0 N–H and O–H groups in total. The normalized spacial score (nSPS) is 13.6. The van der Waals surface area contributed by atoms with Crippen molar-refractivity contribution in [1.82, 2.24) is 8.80 Å². The summed E-state index contributed by atoms with van der Waals surface area (Å²) in [5.41, 5.74) is 20.5. The van der Waals surface area contributed by atoms with Gasteiger partial charge in [-0.05, 0) is 108 Å². The molecule has 67 heavy (non-hydrogen) atoms. The summed E-state index contributed by atoms with van der Waals surface area (Å²) in [7, 11) is 0. The average molecular weight is 849 g/mol. The maximum atomic E-state index is 2.54. The molecule has 0 aliphatic heterocycles. The Balaban J connectivity index is 1.07. The fraction of sp³-hybridized carbons (Fsp3) is 0.0462. The molecule has 11 aromatic carbocycles. The fourth-order valence-electron chi connectivity index (χ4n) is 13.3. The van der Waals surface area contributed by atoms with Crippen molar-refractivity contribution in [3.8, 4) is 44.5 Å². The molecular formula is C65H40N2. The van der Waals surface area contributed by atoms with Gasteiger partial charge in [-0.3, -0.25) is 0 Å². The van der Waals surface area contributed by atoms with E-state index in [1.807, 2.05) is 0 Å². The Bertz CT molecular complexity index is 4410. The molecule has 0 atom stereocenters. The first kappa shape index (κ1) is 35.8. The lowest BCUT2D eigenvalue weighted by atomic mass is 9.80. The van der Waals surface area contributed by atoms with E-state index in [-0.39, 0.29) is 5.41 Å². The summed E-state index contributed by atoms with van der Waals surface area (Å²) in [6.45, 7) is 4.79. The summed E-state index contributed by atoms with van der Waals surface area (Å²) >= 11 is 0. The summed E-state index contributed by atoms with van der Waals surface area (Å²) in [6, 6.07) is 78.2. The van der Waals surface area contributed by atoms with Gasteiger partial charge in [0.25, 0.3) is 0 Å². The first-order valence-corrected chi connectivity index (χ1v) is 23.6. The molecule has 0 saturated heterocycles. The third-order valence-corrected chi connectivity index (χ3v) is 16.0. The smallest absolute Gasteiger partial charge is 0.0620 e. The molecule has 1 aliphatic carbocycles. The number of nitrogens with zero attached hydrogens (tertiary/aromatic N) is 2. The predicted octanol–water partition coefficient (Wildman–Crippen LogP) is 17.6. The van der Waals surface area contributed by atoms with Gasteiger partial charge in [-0.1, -0.05) is 190 Å². The highest BCUT2D eigenvalue weighted by molar-refractivity contribution is 6.30. The molecule has 15 aromatic rings. The summed E-state index contributed by atoms with van der Waals surface area (Å²) < 4.78 is 5.01. The largest absolute Gasteiger partial charge is 0.308 e. The lowest BCUT2D eigenvalue weighted by Crippen LogP contribution is -2.14. The van der Waals surface area contributed by atoms with Crippen molar-refractivity contribution in [3.05, 3.63) is 217 Å². The van der Waals surface area contributed by atoms with Crippen molar-refractivity contribution in [2.24, 2.45) is 0 Å². The number of para-hydroxylation sites is 4. The fourth-order valence-corrected chi connectivity index (χ4v) is 13.3. The second-order valence-corrected chi connectivity index (χ2v) is 19.5. The highest BCUT2D eigenvalue weighted by atomic mass is 14.9. The number of hydrogen-bond donors (Lipinski definition) is 0. The minimum absolute atomic E-state index is 0.128. The maximum absolute atomic E-state index is 2.54. The first-order chi connectivity index (χ1) is 33.1. The van der Waals surface area contributed by atoms with E-state index >= 15 is 0 Å². The van der Waals surface area contributed by atoms with Crippen LogP contribution in [0.2, 0.25) is 0 Å². The Morgan fingerprint density at radius 1 is 0.269 bits per heavy atom. The van der Waals surface area contributed by atoms with Gasteiger partial charge in [0.15, 0.2) is 0 Å². The molecule has 0 saturated carbocycles.